The van der Waals surface area contributed by atoms with Gasteiger partial charge in [0.2, 0.25) is 5.88 Å². The van der Waals surface area contributed by atoms with Crippen LogP contribution in [-0.2, 0) is 7.05 Å². The summed E-state index contributed by atoms with van der Waals surface area (Å²) in [5.41, 5.74) is 0.897. The highest BCUT2D eigenvalue weighted by atomic mass is 35.5. The van der Waals surface area contributed by atoms with Gasteiger partial charge in [-0.05, 0) is 42.8 Å². The number of rotatable bonds is 4. The van der Waals surface area contributed by atoms with Crippen molar-refractivity contribution in [2.75, 3.05) is 5.32 Å². The van der Waals surface area contributed by atoms with Crippen LogP contribution in [0.15, 0.2) is 40.8 Å². The lowest BCUT2D eigenvalue weighted by Gasteiger charge is -2.09. The van der Waals surface area contributed by atoms with Crippen LogP contribution in [0, 0.1) is 12.7 Å². The third-order valence-electron chi connectivity index (χ3n) is 3.22. The number of aryl methyl sites for hydroxylation is 2. The number of nitrogens with zero attached hydrogens (tertiary/aromatic N) is 2. The fourth-order valence-corrected chi connectivity index (χ4v) is 2.30. The van der Waals surface area contributed by atoms with Crippen molar-refractivity contribution >= 4 is 23.2 Å². The van der Waals surface area contributed by atoms with Crippen molar-refractivity contribution in [2.45, 2.75) is 6.92 Å². The molecule has 0 atom stereocenters. The van der Waals surface area contributed by atoms with E-state index in [1.807, 2.05) is 0 Å². The summed E-state index contributed by atoms with van der Waals surface area (Å²) >= 11 is 5.67. The van der Waals surface area contributed by atoms with Gasteiger partial charge < -0.3 is 14.5 Å². The Balaban J connectivity index is 1.89. The molecule has 0 saturated carbocycles. The van der Waals surface area contributed by atoms with E-state index in [4.69, 9.17) is 20.8 Å². The molecular weight excluding hydrogens is 337 g/mol. The molecule has 3 aromatic rings. The first kappa shape index (κ1) is 16.1. The summed E-state index contributed by atoms with van der Waals surface area (Å²) < 4.78 is 25.5. The second-order valence-electron chi connectivity index (χ2n) is 5.01. The van der Waals surface area contributed by atoms with Gasteiger partial charge in [-0.3, -0.25) is 4.79 Å². The maximum Gasteiger partial charge on any atom is 0.291 e. The Labute approximate surface area is 141 Å². The second-order valence-corrected chi connectivity index (χ2v) is 5.38. The third-order valence-corrected chi connectivity index (χ3v) is 3.42. The topological polar surface area (TPSA) is 69.3 Å². The minimum atomic E-state index is -0.498. The van der Waals surface area contributed by atoms with Crippen LogP contribution >= 0.6 is 11.6 Å². The molecule has 6 nitrogen and oxygen atoms in total. The van der Waals surface area contributed by atoms with Crippen LogP contribution in [0.25, 0.3) is 0 Å². The minimum Gasteiger partial charge on any atom is -0.440 e. The van der Waals surface area contributed by atoms with E-state index in [2.05, 4.69) is 10.4 Å². The number of anilines is 1. The van der Waals surface area contributed by atoms with Gasteiger partial charge in [-0.2, -0.15) is 5.10 Å². The third kappa shape index (κ3) is 3.26. The average molecular weight is 350 g/mol. The summed E-state index contributed by atoms with van der Waals surface area (Å²) in [6.07, 6.45) is 0. The van der Waals surface area contributed by atoms with E-state index in [0.29, 0.717) is 11.4 Å². The molecule has 3 rings (SSSR count). The van der Waals surface area contributed by atoms with Crippen LogP contribution in [0.2, 0.25) is 5.22 Å². The van der Waals surface area contributed by atoms with E-state index in [-0.39, 0.29) is 22.6 Å². The number of ether oxygens (including phenoxy) is 1. The van der Waals surface area contributed by atoms with Crippen LogP contribution in [0.1, 0.15) is 16.2 Å². The summed E-state index contributed by atoms with van der Waals surface area (Å²) in [5, 5.41) is 6.99. The number of halogens is 2. The van der Waals surface area contributed by atoms with Gasteiger partial charge in [0, 0.05) is 13.1 Å². The molecule has 0 aliphatic carbocycles. The first-order valence-electron chi connectivity index (χ1n) is 6.98. The Morgan fingerprint density at radius 2 is 2.17 bits per heavy atom. The molecule has 0 unspecified atom stereocenters. The van der Waals surface area contributed by atoms with Crippen LogP contribution in [0.4, 0.5) is 10.1 Å². The Kier molecular flexibility index (Phi) is 4.26. The molecule has 24 heavy (non-hydrogen) atoms. The molecule has 8 heteroatoms. The highest BCUT2D eigenvalue weighted by Crippen LogP contribution is 2.32. The Morgan fingerprint density at radius 1 is 1.38 bits per heavy atom. The highest BCUT2D eigenvalue weighted by molar-refractivity contribution is 6.29. The Hall–Kier alpha value is -2.80. The van der Waals surface area contributed by atoms with Crippen molar-refractivity contribution in [3.8, 4) is 11.6 Å². The molecule has 0 bridgehead atoms. The summed E-state index contributed by atoms with van der Waals surface area (Å²) in [5.74, 6) is -0.317. The summed E-state index contributed by atoms with van der Waals surface area (Å²) in [6, 6.07) is 8.60. The van der Waals surface area contributed by atoms with Crippen molar-refractivity contribution in [3.05, 3.63) is 58.9 Å². The zero-order valence-corrected chi connectivity index (χ0v) is 13.6. The minimum absolute atomic E-state index is 0.0555. The first-order valence-corrected chi connectivity index (χ1v) is 7.35. The number of hydrogen-bond acceptors (Lipinski definition) is 4. The number of amides is 1. The molecule has 0 fully saturated rings. The number of hydrogen-bond donors (Lipinski definition) is 1. The number of furan rings is 1. The zero-order valence-electron chi connectivity index (χ0n) is 12.8. The molecular formula is C16H13ClFN3O3. The van der Waals surface area contributed by atoms with Crippen molar-refractivity contribution in [3.63, 3.8) is 0 Å². The van der Waals surface area contributed by atoms with Crippen molar-refractivity contribution < 1.29 is 18.3 Å². The largest absolute Gasteiger partial charge is 0.440 e. The first-order chi connectivity index (χ1) is 11.4. The molecule has 0 spiro atoms. The lowest BCUT2D eigenvalue weighted by atomic mass is 10.3. The highest BCUT2D eigenvalue weighted by Gasteiger charge is 2.20. The van der Waals surface area contributed by atoms with Gasteiger partial charge in [0.1, 0.15) is 17.3 Å². The van der Waals surface area contributed by atoms with E-state index >= 15 is 0 Å². The number of carbonyl (C=O) groups is 1. The normalized spacial score (nSPS) is 10.7. The molecule has 1 N–H and O–H groups in total. The van der Waals surface area contributed by atoms with Gasteiger partial charge in [-0.1, -0.05) is 6.07 Å². The lowest BCUT2D eigenvalue weighted by molar-refractivity contribution is 0.0996. The molecule has 0 aliphatic rings. The SMILES string of the molecule is Cc1nn(C)c(Oc2cccc(F)c2)c1NC(=O)c1ccc(Cl)o1. The van der Waals surface area contributed by atoms with E-state index in [1.54, 1.807) is 20.0 Å². The maximum atomic E-state index is 13.3. The Bertz CT molecular complexity index is 904. The van der Waals surface area contributed by atoms with Crippen LogP contribution in [0.3, 0.4) is 0 Å². The van der Waals surface area contributed by atoms with Gasteiger partial charge in [0.25, 0.3) is 5.91 Å². The molecule has 2 aromatic heterocycles. The van der Waals surface area contributed by atoms with Gasteiger partial charge in [-0.15, -0.1) is 0 Å². The lowest BCUT2D eigenvalue weighted by Crippen LogP contribution is -2.12. The predicted molar refractivity (Wildman–Crippen MR) is 86.1 cm³/mol. The molecule has 0 saturated heterocycles. The number of nitrogens with one attached hydrogen (secondary N) is 1. The zero-order chi connectivity index (χ0) is 17.3. The van der Waals surface area contributed by atoms with E-state index in [1.165, 1.54) is 35.0 Å². The standard InChI is InChI=1S/C16H13ClFN3O3/c1-9-14(19-15(22)12-6-7-13(17)24-12)16(21(2)20-9)23-11-5-3-4-10(18)8-11/h3-8H,1-2H3,(H,19,22). The molecule has 0 radical (unpaired) electrons. The van der Waals surface area contributed by atoms with E-state index in [0.717, 1.165) is 0 Å². The quantitative estimate of drug-likeness (QED) is 0.768. The molecule has 2 heterocycles. The summed E-state index contributed by atoms with van der Waals surface area (Å²) in [6.45, 7) is 1.71. The van der Waals surface area contributed by atoms with Crippen molar-refractivity contribution in [1.29, 1.82) is 0 Å². The van der Waals surface area contributed by atoms with Gasteiger partial charge in [0.15, 0.2) is 11.0 Å². The van der Waals surface area contributed by atoms with E-state index in [9.17, 15) is 9.18 Å². The molecule has 1 aromatic carbocycles. The number of aromatic nitrogens is 2. The number of carbonyl (C=O) groups excluding carboxylic acids is 1. The summed E-state index contributed by atoms with van der Waals surface area (Å²) in [4.78, 5) is 12.2. The molecule has 0 aliphatic heterocycles. The van der Waals surface area contributed by atoms with Gasteiger partial charge >= 0.3 is 0 Å². The van der Waals surface area contributed by atoms with Crippen LogP contribution in [-0.4, -0.2) is 15.7 Å². The van der Waals surface area contributed by atoms with Crippen LogP contribution in [0.5, 0.6) is 11.6 Å². The maximum absolute atomic E-state index is 13.3. The smallest absolute Gasteiger partial charge is 0.291 e. The monoisotopic (exact) mass is 349 g/mol. The average Bonchev–Trinajstić information content (AvgIpc) is 3.06. The van der Waals surface area contributed by atoms with E-state index < -0.39 is 11.7 Å². The van der Waals surface area contributed by atoms with Gasteiger partial charge in [0.05, 0.1) is 5.69 Å². The summed E-state index contributed by atoms with van der Waals surface area (Å²) in [7, 11) is 1.65. The van der Waals surface area contributed by atoms with Crippen LogP contribution < -0.4 is 10.1 Å². The Morgan fingerprint density at radius 3 is 2.83 bits per heavy atom. The van der Waals surface area contributed by atoms with Gasteiger partial charge in [-0.25, -0.2) is 9.07 Å². The molecule has 124 valence electrons. The van der Waals surface area contributed by atoms with Crippen molar-refractivity contribution in [1.82, 2.24) is 9.78 Å². The second kappa shape index (κ2) is 6.37. The predicted octanol–water partition coefficient (Wildman–Crippen LogP) is 4.16. The number of benzene rings is 1. The fraction of sp³-hybridized carbons (Fsp3) is 0.125. The van der Waals surface area contributed by atoms with Crippen molar-refractivity contribution in [2.24, 2.45) is 7.05 Å². The fourth-order valence-electron chi connectivity index (χ4n) is 2.15. The molecule has 1 amide bonds.